The van der Waals surface area contributed by atoms with Crippen molar-refractivity contribution in [1.82, 2.24) is 10.1 Å². The van der Waals surface area contributed by atoms with E-state index < -0.39 is 12.0 Å². The van der Waals surface area contributed by atoms with Crippen molar-refractivity contribution < 1.29 is 18.8 Å². The predicted octanol–water partition coefficient (Wildman–Crippen LogP) is 1.72. The summed E-state index contributed by atoms with van der Waals surface area (Å²) in [5, 5.41) is 15.2. The molecule has 0 radical (unpaired) electrons. The van der Waals surface area contributed by atoms with Gasteiger partial charge in [0.05, 0.1) is 12.1 Å². The number of nitrogens with zero attached hydrogens (tertiary/aromatic N) is 3. The van der Waals surface area contributed by atoms with E-state index in [0.29, 0.717) is 17.1 Å². The summed E-state index contributed by atoms with van der Waals surface area (Å²) in [6, 6.07) is 10.2. The Balaban J connectivity index is 1.92. The Morgan fingerprint density at radius 2 is 2.16 bits per heavy atom. The zero-order valence-corrected chi connectivity index (χ0v) is 14.1. The molecule has 8 nitrogen and oxygen atoms in total. The monoisotopic (exact) mass is 342 g/mol. The van der Waals surface area contributed by atoms with Gasteiger partial charge in [-0.3, -0.25) is 9.59 Å². The molecule has 2 aromatic rings. The number of carbonyl (C=O) groups excluding carboxylic acids is 2. The maximum atomic E-state index is 12.3. The molecule has 2 rings (SSSR count). The van der Waals surface area contributed by atoms with Gasteiger partial charge in [-0.2, -0.15) is 5.26 Å². The van der Waals surface area contributed by atoms with Crippen LogP contribution in [0, 0.1) is 18.3 Å². The molecular weight excluding hydrogens is 324 g/mol. The first-order chi connectivity index (χ1) is 11.9. The Bertz CT molecular complexity index is 809. The number of ether oxygens (including phenoxy) is 1. The molecule has 0 bridgehead atoms. The molecule has 0 aliphatic heterocycles. The van der Waals surface area contributed by atoms with Gasteiger partial charge < -0.3 is 19.5 Å². The summed E-state index contributed by atoms with van der Waals surface area (Å²) < 4.78 is 10.4. The number of aryl methyl sites for hydroxylation is 1. The van der Waals surface area contributed by atoms with Crippen molar-refractivity contribution >= 4 is 17.6 Å². The molecule has 1 N–H and O–H groups in total. The molecule has 0 aliphatic carbocycles. The van der Waals surface area contributed by atoms with E-state index in [4.69, 9.17) is 14.5 Å². The Morgan fingerprint density at radius 3 is 2.80 bits per heavy atom. The SMILES string of the molecule is Cc1cc(NC(=O)CN(C)C(=O)C(C)Oc2ccccc2C#N)no1. The van der Waals surface area contributed by atoms with Crippen LogP contribution in [0.5, 0.6) is 5.75 Å². The Morgan fingerprint density at radius 1 is 1.44 bits per heavy atom. The Kier molecular flexibility index (Phi) is 5.74. The van der Waals surface area contributed by atoms with Crippen LogP contribution < -0.4 is 10.1 Å². The van der Waals surface area contributed by atoms with Crippen LogP contribution >= 0.6 is 0 Å². The number of anilines is 1. The van der Waals surface area contributed by atoms with Crippen molar-refractivity contribution in [2.45, 2.75) is 20.0 Å². The van der Waals surface area contributed by atoms with Gasteiger partial charge in [-0.05, 0) is 26.0 Å². The zero-order valence-electron chi connectivity index (χ0n) is 14.1. The summed E-state index contributed by atoms with van der Waals surface area (Å²) in [7, 11) is 1.49. The normalized spacial score (nSPS) is 11.3. The standard InChI is InChI=1S/C17H18N4O4/c1-11-8-15(20-25-11)19-16(22)10-21(3)17(23)12(2)24-14-7-5-4-6-13(14)9-18/h4-8,12H,10H2,1-3H3,(H,19,20,22). The van der Waals surface area contributed by atoms with Crippen LogP contribution in [0.25, 0.3) is 0 Å². The highest BCUT2D eigenvalue weighted by Crippen LogP contribution is 2.18. The molecule has 1 aromatic carbocycles. The van der Waals surface area contributed by atoms with E-state index in [-0.39, 0.29) is 18.3 Å². The van der Waals surface area contributed by atoms with Crippen molar-refractivity contribution in [3.05, 3.63) is 41.7 Å². The number of hydrogen-bond acceptors (Lipinski definition) is 6. The first kappa shape index (κ1) is 18.0. The van der Waals surface area contributed by atoms with Crippen molar-refractivity contribution in [2.75, 3.05) is 18.9 Å². The van der Waals surface area contributed by atoms with Gasteiger partial charge in [0.2, 0.25) is 5.91 Å². The molecule has 1 aromatic heterocycles. The van der Waals surface area contributed by atoms with Crippen LogP contribution in [0.4, 0.5) is 5.82 Å². The van der Waals surface area contributed by atoms with E-state index in [1.807, 2.05) is 6.07 Å². The van der Waals surface area contributed by atoms with Gasteiger partial charge >= 0.3 is 0 Å². The molecule has 25 heavy (non-hydrogen) atoms. The number of rotatable bonds is 6. The average molecular weight is 342 g/mol. The highest BCUT2D eigenvalue weighted by molar-refractivity contribution is 5.94. The lowest BCUT2D eigenvalue weighted by Gasteiger charge is -2.21. The zero-order chi connectivity index (χ0) is 18.4. The molecule has 0 fully saturated rings. The largest absolute Gasteiger partial charge is 0.480 e. The topological polar surface area (TPSA) is 108 Å². The lowest BCUT2D eigenvalue weighted by Crippen LogP contribution is -2.42. The molecular formula is C17H18N4O4. The van der Waals surface area contributed by atoms with E-state index in [1.54, 1.807) is 44.2 Å². The first-order valence-corrected chi connectivity index (χ1v) is 7.54. The molecule has 0 spiro atoms. The molecule has 8 heteroatoms. The van der Waals surface area contributed by atoms with Gasteiger partial charge in [-0.15, -0.1) is 0 Å². The Hall–Kier alpha value is -3.34. The lowest BCUT2D eigenvalue weighted by molar-refractivity contribution is -0.139. The van der Waals surface area contributed by atoms with Crippen LogP contribution in [-0.2, 0) is 9.59 Å². The minimum Gasteiger partial charge on any atom is -0.480 e. The number of carbonyl (C=O) groups is 2. The summed E-state index contributed by atoms with van der Waals surface area (Å²) >= 11 is 0. The van der Waals surface area contributed by atoms with Crippen molar-refractivity contribution in [2.24, 2.45) is 0 Å². The third-order valence-electron chi connectivity index (χ3n) is 3.31. The number of aromatic nitrogens is 1. The average Bonchev–Trinajstić information content (AvgIpc) is 2.99. The number of nitrogens with one attached hydrogen (secondary N) is 1. The smallest absolute Gasteiger partial charge is 0.263 e. The number of para-hydroxylation sites is 1. The van der Waals surface area contributed by atoms with Gasteiger partial charge in [0.25, 0.3) is 5.91 Å². The summed E-state index contributed by atoms with van der Waals surface area (Å²) in [5.74, 6) is 0.378. The van der Waals surface area contributed by atoms with Gasteiger partial charge in [-0.25, -0.2) is 0 Å². The van der Waals surface area contributed by atoms with Crippen molar-refractivity contribution in [3.8, 4) is 11.8 Å². The highest BCUT2D eigenvalue weighted by atomic mass is 16.5. The maximum Gasteiger partial charge on any atom is 0.263 e. The van der Waals surface area contributed by atoms with Gasteiger partial charge in [0, 0.05) is 13.1 Å². The fraction of sp³-hybridized carbons (Fsp3) is 0.294. The van der Waals surface area contributed by atoms with Gasteiger partial charge in [0.1, 0.15) is 17.6 Å². The minimum atomic E-state index is -0.846. The number of likely N-dealkylation sites (N-methyl/N-ethyl adjacent to an activating group) is 1. The fourth-order valence-electron chi connectivity index (χ4n) is 2.11. The fourth-order valence-corrected chi connectivity index (χ4v) is 2.11. The second-order valence-electron chi connectivity index (χ2n) is 5.43. The number of benzene rings is 1. The second-order valence-corrected chi connectivity index (χ2v) is 5.43. The lowest BCUT2D eigenvalue weighted by atomic mass is 10.2. The van der Waals surface area contributed by atoms with E-state index in [2.05, 4.69) is 10.5 Å². The quantitative estimate of drug-likeness (QED) is 0.856. The molecule has 2 amide bonds. The highest BCUT2D eigenvalue weighted by Gasteiger charge is 2.22. The van der Waals surface area contributed by atoms with Crippen LogP contribution in [0.2, 0.25) is 0 Å². The third-order valence-corrected chi connectivity index (χ3v) is 3.31. The van der Waals surface area contributed by atoms with E-state index in [1.165, 1.54) is 11.9 Å². The van der Waals surface area contributed by atoms with E-state index >= 15 is 0 Å². The molecule has 1 atom stereocenters. The molecule has 0 saturated heterocycles. The molecule has 0 saturated carbocycles. The number of nitriles is 1. The molecule has 130 valence electrons. The van der Waals surface area contributed by atoms with E-state index in [9.17, 15) is 9.59 Å². The Labute approximate surface area is 145 Å². The van der Waals surface area contributed by atoms with E-state index in [0.717, 1.165) is 0 Å². The predicted molar refractivity (Wildman–Crippen MR) is 88.8 cm³/mol. The molecule has 1 heterocycles. The molecule has 1 unspecified atom stereocenters. The summed E-state index contributed by atoms with van der Waals surface area (Å²) in [6.45, 7) is 3.10. The number of amides is 2. The van der Waals surface area contributed by atoms with Crippen molar-refractivity contribution in [1.29, 1.82) is 5.26 Å². The van der Waals surface area contributed by atoms with Crippen LogP contribution in [0.1, 0.15) is 18.2 Å². The van der Waals surface area contributed by atoms with Crippen LogP contribution in [-0.4, -0.2) is 41.6 Å². The number of hydrogen-bond donors (Lipinski definition) is 1. The summed E-state index contributed by atoms with van der Waals surface area (Å²) in [5.41, 5.74) is 0.337. The van der Waals surface area contributed by atoms with Gasteiger partial charge in [0.15, 0.2) is 11.9 Å². The van der Waals surface area contributed by atoms with Crippen LogP contribution in [0.15, 0.2) is 34.9 Å². The van der Waals surface area contributed by atoms with Crippen molar-refractivity contribution in [3.63, 3.8) is 0 Å². The third kappa shape index (κ3) is 4.81. The maximum absolute atomic E-state index is 12.3. The summed E-state index contributed by atoms with van der Waals surface area (Å²) in [6.07, 6.45) is -0.846. The van der Waals surface area contributed by atoms with Crippen LogP contribution in [0.3, 0.4) is 0 Å². The first-order valence-electron chi connectivity index (χ1n) is 7.54. The summed E-state index contributed by atoms with van der Waals surface area (Å²) in [4.78, 5) is 25.5. The second kappa shape index (κ2) is 7.97. The molecule has 0 aliphatic rings. The van der Waals surface area contributed by atoms with Gasteiger partial charge in [-0.1, -0.05) is 17.3 Å². The minimum absolute atomic E-state index is 0.168.